The van der Waals surface area contributed by atoms with Gasteiger partial charge in [0.1, 0.15) is 30.5 Å². The van der Waals surface area contributed by atoms with Gasteiger partial charge >= 0.3 is 0 Å². The van der Waals surface area contributed by atoms with Crippen LogP contribution in [0.15, 0.2) is 121 Å². The Bertz CT molecular complexity index is 3360. The Morgan fingerprint density at radius 1 is 0.538 bits per heavy atom. The van der Waals surface area contributed by atoms with Gasteiger partial charge in [-0.2, -0.15) is 0 Å². The van der Waals surface area contributed by atoms with Crippen LogP contribution in [0.25, 0.3) is 0 Å². The van der Waals surface area contributed by atoms with Crippen LogP contribution in [0.1, 0.15) is 92.7 Å². The van der Waals surface area contributed by atoms with Crippen molar-refractivity contribution in [2.45, 2.75) is 114 Å². The lowest BCUT2D eigenvalue weighted by Gasteiger charge is -2.46. The van der Waals surface area contributed by atoms with Crippen molar-refractivity contribution >= 4 is 5.91 Å². The number of nitrogens with one attached hydrogen (secondary N) is 1. The molecule has 78 heavy (non-hydrogen) atoms. The molecule has 10 heteroatoms. The molecule has 4 aromatic rings. The van der Waals surface area contributed by atoms with Crippen molar-refractivity contribution in [2.24, 2.45) is 5.92 Å². The van der Waals surface area contributed by atoms with E-state index < -0.39 is 54.9 Å². The molecule has 1 amide bonds. The summed E-state index contributed by atoms with van der Waals surface area (Å²) < 4.78 is 40.3. The molecule has 1 saturated carbocycles. The number of benzene rings is 4. The van der Waals surface area contributed by atoms with Crippen LogP contribution < -0.4 is 5.32 Å². The highest BCUT2D eigenvalue weighted by Gasteiger charge is 2.49. The fraction of sp³-hybridized carbons (Fsp3) is 0.309. The Hall–Kier alpha value is -8.81. The van der Waals surface area contributed by atoms with Gasteiger partial charge in [0.05, 0.1) is 51.8 Å². The molecule has 2 aliphatic rings. The lowest BCUT2D eigenvalue weighted by molar-refractivity contribution is -0.330. The molecule has 0 radical (unpaired) electrons. The molecule has 1 aliphatic carbocycles. The first-order valence-corrected chi connectivity index (χ1v) is 25.4. The van der Waals surface area contributed by atoms with Crippen LogP contribution in [-0.2, 0) is 59.6 Å². The number of hydrogen-bond acceptors (Lipinski definition) is 9. The molecule has 432 valence electrons. The van der Waals surface area contributed by atoms with Gasteiger partial charge in [-0.05, 0) is 136 Å². The predicted octanol–water partition coefficient (Wildman–Crippen LogP) is 12.0. The summed E-state index contributed by atoms with van der Waals surface area (Å²) in [5.74, 6) is 55.1. The number of hydrogen-bond donors (Lipinski definition) is 3. The second-order valence-electron chi connectivity index (χ2n) is 17.6. The van der Waals surface area contributed by atoms with Gasteiger partial charge in [-0.1, -0.05) is 153 Å². The third kappa shape index (κ3) is 22.2. The fourth-order valence-electron chi connectivity index (χ4n) is 8.22. The summed E-state index contributed by atoms with van der Waals surface area (Å²) in [6, 6.07) is 38.0. The van der Waals surface area contributed by atoms with Crippen LogP contribution in [0.4, 0.5) is 0 Å². The molecule has 5 unspecified atom stereocenters. The van der Waals surface area contributed by atoms with Gasteiger partial charge < -0.3 is 44.0 Å². The van der Waals surface area contributed by atoms with E-state index in [4.69, 9.17) is 28.4 Å². The van der Waals surface area contributed by atoms with Gasteiger partial charge in [-0.15, -0.1) is 0 Å². The predicted molar refractivity (Wildman–Crippen MR) is 344 cm³/mol. The van der Waals surface area contributed by atoms with E-state index in [9.17, 15) is 15.0 Å². The fourth-order valence-corrected chi connectivity index (χ4v) is 8.22. The second-order valence-corrected chi connectivity index (χ2v) is 17.6. The van der Waals surface area contributed by atoms with E-state index in [0.717, 1.165) is 47.9 Å². The molecule has 0 spiro atoms. The number of amides is 1. The van der Waals surface area contributed by atoms with Gasteiger partial charge in [0.15, 0.2) is 6.29 Å². The lowest BCUT2D eigenvalue weighted by Crippen LogP contribution is -2.62. The monoisotopic (exact) mass is 1080 g/mol. The summed E-state index contributed by atoms with van der Waals surface area (Å²) >= 11 is 0. The summed E-state index contributed by atoms with van der Waals surface area (Å²) in [5.41, 5.74) is 3.75. The van der Waals surface area contributed by atoms with Crippen molar-refractivity contribution < 1.29 is 74.8 Å². The highest BCUT2D eigenvalue weighted by Crippen LogP contribution is 2.33. The van der Waals surface area contributed by atoms with E-state index in [1.165, 1.54) is 0 Å². The maximum absolute atomic E-state index is 13.5. The number of carbonyl (C=O) groups excluding carboxylic acids is 1. The summed E-state index contributed by atoms with van der Waals surface area (Å²) in [6.45, 7) is 2.37. The van der Waals surface area contributed by atoms with E-state index in [1.54, 1.807) is 6.92 Å². The lowest BCUT2D eigenvalue weighted by atomic mass is 9.94. The Kier molecular flexibility index (Phi) is 26.6. The molecule has 1 heterocycles. The molecule has 8 atom stereocenters. The van der Waals surface area contributed by atoms with Gasteiger partial charge in [0.2, 0.25) is 0 Å². The molecule has 0 bridgehead atoms. The Morgan fingerprint density at radius 2 is 0.936 bits per heavy atom. The van der Waals surface area contributed by atoms with E-state index in [0.29, 0.717) is 13.0 Å². The van der Waals surface area contributed by atoms with Crippen LogP contribution in [0, 0.1) is 136 Å². The zero-order valence-electron chi connectivity index (χ0n) is 43.3. The van der Waals surface area contributed by atoms with Crippen LogP contribution in [0.2, 0.25) is 0 Å². The topological polar surface area (TPSA) is 125 Å². The zero-order valence-corrected chi connectivity index (χ0v) is 43.3. The maximum Gasteiger partial charge on any atom is 0.297 e. The molecule has 2 fully saturated rings. The molecule has 1 saturated heterocycles. The summed E-state index contributed by atoms with van der Waals surface area (Å²) in [5, 5.41) is 26.0. The highest BCUT2D eigenvalue weighted by molar-refractivity contribution is 5.94. The first kappa shape index (κ1) is 58.5. The summed E-state index contributed by atoms with van der Waals surface area (Å²) in [4.78, 5) is 13.5. The maximum atomic E-state index is 13.5. The minimum absolute atomic E-state index is 0. The van der Waals surface area contributed by atoms with Crippen LogP contribution in [0.3, 0.4) is 0 Å². The first-order valence-electron chi connectivity index (χ1n) is 25.4. The SMILES string of the molecule is CC#CC#CC#CC#CC#CC#CC#CC#CC#CC#CC#CC(=O)N[C@@H](COC1OC(COCc2ccccc2)C(OCc2ccccc2)C(OCc2ccccc2)C1OCc1ccccc1)[C@H](O)[C@H](O)CC1CCCC1.[HH].[HH].[HH].[HH].[HH].[HH].[HH].[HH].[HH].[HH].[HH].[HH].[HH].[HH].[HH].[HH].[HH].[HH].[HH].[HH].[HH].[HH]. The van der Waals surface area contributed by atoms with E-state index in [-0.39, 0.29) is 70.3 Å². The quantitative estimate of drug-likeness (QED) is 0.0700. The number of aliphatic hydroxyl groups excluding tert-OH is 2. The highest BCUT2D eigenvalue weighted by atomic mass is 16.7. The second kappa shape index (κ2) is 35.4. The van der Waals surface area contributed by atoms with Gasteiger partial charge in [0, 0.05) is 61.0 Å². The summed E-state index contributed by atoms with van der Waals surface area (Å²) in [6.07, 6.45) is -2.67. The number of aliphatic hydroxyl groups is 2. The van der Waals surface area contributed by atoms with Crippen molar-refractivity contribution in [3.05, 3.63) is 144 Å². The zero-order chi connectivity index (χ0) is 54.5. The number of carbonyl (C=O) groups is 1. The normalized spacial score (nSPS) is 17.7. The van der Waals surface area contributed by atoms with Crippen molar-refractivity contribution in [1.29, 1.82) is 0 Å². The largest absolute Gasteiger partial charge is 0.390 e. The van der Waals surface area contributed by atoms with Gasteiger partial charge in [-0.25, -0.2) is 0 Å². The molecule has 0 aromatic heterocycles. The standard InChI is InChI=1S/C68H57NO9.22H2/c1-2-3-4-5-6-7-8-9-10-11-12-13-14-15-16-17-18-19-20-21-34-47-63(71)69-60(64(72)61(70)48-55-37-35-36-38-55)53-77-68-67(76-52-59-45-32-25-33-46-59)66(75-51-58-43-30-24-31-44-58)65(74-50-57-41-28-23-29-42-57)62(78-68)54-73-49-56-39-26-22-27-40-56;;;;;;;;;;;;;;;;;;;;;;/h22-33,39-46,55,60-62,64-68,70,72H,35-38,48-54H2,1H3,(H,69,71);22*1H/t60-,61+,62?,64-,65?,66?,67?,68?;;;;;;;;;;;;;;;;;;;;;;/m0....................../s1. The van der Waals surface area contributed by atoms with Gasteiger partial charge in [-0.3, -0.25) is 4.79 Å². The first-order chi connectivity index (χ1) is 38.5. The number of rotatable bonds is 21. The Labute approximate surface area is 492 Å². The molecular weight excluding hydrogens is 975 g/mol. The van der Waals surface area contributed by atoms with Crippen molar-refractivity contribution in [2.75, 3.05) is 13.2 Å². The average molecular weight is 1080 g/mol. The van der Waals surface area contributed by atoms with Crippen molar-refractivity contribution in [1.82, 2.24) is 5.32 Å². The average Bonchev–Trinajstić information content (AvgIpc) is 0.866. The van der Waals surface area contributed by atoms with Crippen LogP contribution >= 0.6 is 0 Å². The molecule has 4 aromatic carbocycles. The Balaban J connectivity index is -0.000000209. The van der Waals surface area contributed by atoms with Crippen LogP contribution in [0.5, 0.6) is 0 Å². The minimum atomic E-state index is -1.45. The molecule has 10 nitrogen and oxygen atoms in total. The summed E-state index contributed by atoms with van der Waals surface area (Å²) in [7, 11) is 0. The molecule has 6 rings (SSSR count). The third-order valence-electron chi connectivity index (χ3n) is 11.9. The Morgan fingerprint density at radius 3 is 1.38 bits per heavy atom. The third-order valence-corrected chi connectivity index (χ3v) is 11.9. The van der Waals surface area contributed by atoms with Crippen molar-refractivity contribution in [3.8, 4) is 130 Å². The smallest absolute Gasteiger partial charge is 0.297 e. The van der Waals surface area contributed by atoms with Crippen LogP contribution in [-0.4, -0.2) is 78.3 Å². The van der Waals surface area contributed by atoms with E-state index >= 15 is 0 Å². The van der Waals surface area contributed by atoms with Crippen molar-refractivity contribution in [3.63, 3.8) is 0 Å². The van der Waals surface area contributed by atoms with Gasteiger partial charge in [0.25, 0.3) is 5.91 Å². The van der Waals surface area contributed by atoms with E-state index in [2.05, 4.69) is 136 Å². The molecular formula is C68H101NO9. The van der Waals surface area contributed by atoms with E-state index in [1.807, 2.05) is 121 Å². The minimum Gasteiger partial charge on any atom is -0.390 e. The molecule has 3 N–H and O–H groups in total. The molecule has 1 aliphatic heterocycles. The number of ether oxygens (including phenoxy) is 6.